The van der Waals surface area contributed by atoms with Crippen LogP contribution in [0.5, 0.6) is 0 Å². The van der Waals surface area contributed by atoms with E-state index < -0.39 is 0 Å². The van der Waals surface area contributed by atoms with E-state index >= 15 is 0 Å². The second kappa shape index (κ2) is 8.02. The molecule has 112 valence electrons. The van der Waals surface area contributed by atoms with Crippen LogP contribution in [-0.4, -0.2) is 6.54 Å². The second-order valence-electron chi connectivity index (χ2n) is 4.72. The van der Waals surface area contributed by atoms with Crippen molar-refractivity contribution in [2.75, 3.05) is 6.54 Å². The smallest absolute Gasteiger partial charge is 0.0602 e. The van der Waals surface area contributed by atoms with Crippen LogP contribution in [0.25, 0.3) is 0 Å². The van der Waals surface area contributed by atoms with Crippen molar-refractivity contribution in [1.82, 2.24) is 5.32 Å². The lowest BCUT2D eigenvalue weighted by Gasteiger charge is -2.22. The molecule has 0 heterocycles. The SMILES string of the molecule is CCCNC(c1ccc(Cl)cc1Cl)c1cc(Cl)ccc1I. The molecule has 1 N–H and O–H groups in total. The fourth-order valence-corrected chi connectivity index (χ4v) is 3.49. The topological polar surface area (TPSA) is 12.0 Å². The molecular formula is C16H15Cl3IN. The maximum absolute atomic E-state index is 6.39. The third kappa shape index (κ3) is 4.49. The van der Waals surface area contributed by atoms with Gasteiger partial charge in [0.1, 0.15) is 0 Å². The molecule has 1 nitrogen and oxygen atoms in total. The zero-order valence-electron chi connectivity index (χ0n) is 11.5. The number of halogens is 4. The van der Waals surface area contributed by atoms with Gasteiger partial charge in [-0.1, -0.05) is 47.8 Å². The minimum Gasteiger partial charge on any atom is -0.306 e. The third-order valence-electron chi connectivity index (χ3n) is 3.14. The minimum atomic E-state index is 0.000293. The van der Waals surface area contributed by atoms with E-state index in [1.807, 2.05) is 30.3 Å². The van der Waals surface area contributed by atoms with Gasteiger partial charge in [0.05, 0.1) is 6.04 Å². The molecule has 0 bridgehead atoms. The highest BCUT2D eigenvalue weighted by molar-refractivity contribution is 14.1. The van der Waals surface area contributed by atoms with Gasteiger partial charge >= 0.3 is 0 Å². The van der Waals surface area contributed by atoms with E-state index in [0.717, 1.165) is 32.7 Å². The van der Waals surface area contributed by atoms with E-state index in [9.17, 15) is 0 Å². The summed E-state index contributed by atoms with van der Waals surface area (Å²) in [4.78, 5) is 0. The Labute approximate surface area is 154 Å². The summed E-state index contributed by atoms with van der Waals surface area (Å²) < 4.78 is 1.15. The van der Waals surface area contributed by atoms with E-state index in [-0.39, 0.29) is 6.04 Å². The largest absolute Gasteiger partial charge is 0.306 e. The molecule has 2 rings (SSSR count). The van der Waals surface area contributed by atoms with Crippen molar-refractivity contribution in [3.63, 3.8) is 0 Å². The molecule has 0 aliphatic heterocycles. The fraction of sp³-hybridized carbons (Fsp3) is 0.250. The summed E-state index contributed by atoms with van der Waals surface area (Å²) in [5.41, 5.74) is 2.13. The van der Waals surface area contributed by atoms with Crippen molar-refractivity contribution >= 4 is 57.4 Å². The van der Waals surface area contributed by atoms with E-state index in [1.54, 1.807) is 6.07 Å². The highest BCUT2D eigenvalue weighted by atomic mass is 127. The monoisotopic (exact) mass is 453 g/mol. The lowest BCUT2D eigenvalue weighted by atomic mass is 9.98. The molecule has 1 unspecified atom stereocenters. The predicted molar refractivity (Wildman–Crippen MR) is 101 cm³/mol. The first kappa shape index (κ1) is 17.4. The lowest BCUT2D eigenvalue weighted by Crippen LogP contribution is -2.24. The van der Waals surface area contributed by atoms with Crippen molar-refractivity contribution < 1.29 is 0 Å². The standard InChI is InChI=1S/C16H15Cl3IN/c1-2-7-21-16(12-5-3-11(18)9-14(12)19)13-8-10(17)4-6-15(13)20/h3-6,8-9,16,21H,2,7H2,1H3. The maximum Gasteiger partial charge on any atom is 0.0602 e. The van der Waals surface area contributed by atoms with Crippen molar-refractivity contribution in [3.8, 4) is 0 Å². The van der Waals surface area contributed by atoms with Gasteiger partial charge in [-0.3, -0.25) is 0 Å². The first-order valence-electron chi connectivity index (χ1n) is 6.66. The van der Waals surface area contributed by atoms with Crippen molar-refractivity contribution in [2.45, 2.75) is 19.4 Å². The summed E-state index contributed by atoms with van der Waals surface area (Å²) in [6.07, 6.45) is 1.04. The van der Waals surface area contributed by atoms with Gasteiger partial charge in [0.25, 0.3) is 0 Å². The number of hydrogen-bond donors (Lipinski definition) is 1. The normalized spacial score (nSPS) is 12.4. The summed E-state index contributed by atoms with van der Waals surface area (Å²) >= 11 is 20.9. The molecule has 0 saturated carbocycles. The zero-order valence-corrected chi connectivity index (χ0v) is 15.9. The molecule has 2 aromatic carbocycles. The van der Waals surface area contributed by atoms with Crippen LogP contribution < -0.4 is 5.32 Å². The van der Waals surface area contributed by atoms with Crippen LogP contribution in [0.4, 0.5) is 0 Å². The maximum atomic E-state index is 6.39. The molecule has 0 saturated heterocycles. The van der Waals surface area contributed by atoms with Crippen molar-refractivity contribution in [1.29, 1.82) is 0 Å². The first-order chi connectivity index (χ1) is 10.0. The molecule has 0 spiro atoms. The predicted octanol–water partition coefficient (Wildman–Crippen LogP) is 6.34. The minimum absolute atomic E-state index is 0.000293. The Kier molecular flexibility index (Phi) is 6.63. The Bertz CT molecular complexity index is 631. The average Bonchev–Trinajstić information content (AvgIpc) is 2.44. The molecule has 1 atom stereocenters. The Hall–Kier alpha value is -0.000000000000000111. The van der Waals surface area contributed by atoms with Gasteiger partial charge < -0.3 is 5.32 Å². The zero-order chi connectivity index (χ0) is 15.4. The van der Waals surface area contributed by atoms with E-state index in [0.29, 0.717) is 10.0 Å². The first-order valence-corrected chi connectivity index (χ1v) is 8.87. The average molecular weight is 455 g/mol. The summed E-state index contributed by atoms with van der Waals surface area (Å²) in [7, 11) is 0. The molecule has 5 heteroatoms. The van der Waals surface area contributed by atoms with Crippen LogP contribution in [-0.2, 0) is 0 Å². The molecule has 2 aromatic rings. The summed E-state index contributed by atoms with van der Waals surface area (Å²) in [6, 6.07) is 11.5. The number of nitrogens with one attached hydrogen (secondary N) is 1. The molecule has 0 aromatic heterocycles. The van der Waals surface area contributed by atoms with E-state index in [1.165, 1.54) is 0 Å². The molecule has 21 heavy (non-hydrogen) atoms. The van der Waals surface area contributed by atoms with Crippen LogP contribution in [0.2, 0.25) is 15.1 Å². The van der Waals surface area contributed by atoms with E-state index in [4.69, 9.17) is 34.8 Å². The Morgan fingerprint density at radius 3 is 2.33 bits per heavy atom. The van der Waals surface area contributed by atoms with Crippen LogP contribution in [0.1, 0.15) is 30.5 Å². The summed E-state index contributed by atoms with van der Waals surface area (Å²) in [6.45, 7) is 3.03. The van der Waals surface area contributed by atoms with Crippen LogP contribution in [0, 0.1) is 3.57 Å². The molecular weight excluding hydrogens is 439 g/mol. The number of hydrogen-bond acceptors (Lipinski definition) is 1. The molecule has 0 amide bonds. The molecule has 0 fully saturated rings. The Balaban J connectivity index is 2.49. The highest BCUT2D eigenvalue weighted by Gasteiger charge is 2.19. The van der Waals surface area contributed by atoms with Gasteiger partial charge in [-0.15, -0.1) is 0 Å². The quantitative estimate of drug-likeness (QED) is 0.520. The van der Waals surface area contributed by atoms with Crippen LogP contribution in [0.3, 0.4) is 0 Å². The number of rotatable bonds is 5. The van der Waals surface area contributed by atoms with Crippen LogP contribution in [0.15, 0.2) is 36.4 Å². The van der Waals surface area contributed by atoms with Crippen molar-refractivity contribution in [3.05, 3.63) is 66.2 Å². The summed E-state index contributed by atoms with van der Waals surface area (Å²) in [5, 5.41) is 5.56. The number of benzene rings is 2. The third-order valence-corrected chi connectivity index (χ3v) is 4.92. The fourth-order valence-electron chi connectivity index (χ4n) is 2.15. The lowest BCUT2D eigenvalue weighted by molar-refractivity contribution is 0.597. The second-order valence-corrected chi connectivity index (χ2v) is 7.16. The summed E-state index contributed by atoms with van der Waals surface area (Å²) in [5.74, 6) is 0. The molecule has 0 aliphatic carbocycles. The van der Waals surface area contributed by atoms with Gasteiger partial charge in [0.2, 0.25) is 0 Å². The molecule has 0 aliphatic rings. The van der Waals surface area contributed by atoms with Gasteiger partial charge in [-0.05, 0) is 77.0 Å². The Morgan fingerprint density at radius 2 is 1.67 bits per heavy atom. The van der Waals surface area contributed by atoms with Gasteiger partial charge in [0.15, 0.2) is 0 Å². The Morgan fingerprint density at radius 1 is 1.00 bits per heavy atom. The highest BCUT2D eigenvalue weighted by Crippen LogP contribution is 2.33. The van der Waals surface area contributed by atoms with Gasteiger partial charge in [-0.25, -0.2) is 0 Å². The van der Waals surface area contributed by atoms with Crippen molar-refractivity contribution in [2.24, 2.45) is 0 Å². The van der Waals surface area contributed by atoms with Crippen LogP contribution >= 0.6 is 57.4 Å². The molecule has 0 radical (unpaired) electrons. The van der Waals surface area contributed by atoms with E-state index in [2.05, 4.69) is 34.8 Å². The van der Waals surface area contributed by atoms with Gasteiger partial charge in [-0.2, -0.15) is 0 Å². The van der Waals surface area contributed by atoms with Gasteiger partial charge in [0, 0.05) is 18.6 Å².